The van der Waals surface area contributed by atoms with E-state index in [-0.39, 0.29) is 16.0 Å². The Morgan fingerprint density at radius 1 is 1.50 bits per heavy atom. The summed E-state index contributed by atoms with van der Waals surface area (Å²) < 4.78 is 27.0. The van der Waals surface area contributed by atoms with Gasteiger partial charge in [0.2, 0.25) is 10.0 Å². The molecular weight excluding hydrogens is 254 g/mol. The van der Waals surface area contributed by atoms with Crippen molar-refractivity contribution in [2.24, 2.45) is 5.41 Å². The van der Waals surface area contributed by atoms with Crippen LogP contribution in [0.2, 0.25) is 0 Å². The highest BCUT2D eigenvalue weighted by atomic mass is 32.2. The third-order valence-electron chi connectivity index (χ3n) is 3.63. The number of aliphatic hydroxyl groups excluding tert-OH is 1. The van der Waals surface area contributed by atoms with Gasteiger partial charge in [0.05, 0.1) is 12.3 Å². The van der Waals surface area contributed by atoms with Crippen LogP contribution in [-0.2, 0) is 16.6 Å². The Bertz CT molecular complexity index is 532. The molecule has 6 nitrogen and oxygen atoms in total. The van der Waals surface area contributed by atoms with E-state index in [1.54, 1.807) is 6.92 Å². The Morgan fingerprint density at radius 2 is 2.17 bits per heavy atom. The third-order valence-corrected chi connectivity index (χ3v) is 5.23. The largest absolute Gasteiger partial charge is 0.390 e. The lowest BCUT2D eigenvalue weighted by Gasteiger charge is -2.38. The molecule has 0 unspecified atom stereocenters. The summed E-state index contributed by atoms with van der Waals surface area (Å²) in [6.07, 6.45) is 3.25. The second-order valence-corrected chi connectivity index (χ2v) is 6.98. The fraction of sp³-hybridized carbons (Fsp3) is 0.727. The summed E-state index contributed by atoms with van der Waals surface area (Å²) in [4.78, 5) is 0.0768. The molecule has 0 amide bonds. The molecule has 1 fully saturated rings. The molecule has 0 saturated heterocycles. The SMILES string of the molecule is Cc1[nH]nc(CO)c1S(=O)(=O)NCC1(C)CCC1. The van der Waals surface area contributed by atoms with E-state index >= 15 is 0 Å². The van der Waals surface area contributed by atoms with Gasteiger partial charge in [-0.1, -0.05) is 13.3 Å². The van der Waals surface area contributed by atoms with Gasteiger partial charge in [-0.2, -0.15) is 5.10 Å². The number of hydrogen-bond acceptors (Lipinski definition) is 4. The number of nitrogens with zero attached hydrogens (tertiary/aromatic N) is 1. The first kappa shape index (κ1) is 13.5. The lowest BCUT2D eigenvalue weighted by molar-refractivity contribution is 0.166. The summed E-state index contributed by atoms with van der Waals surface area (Å²) in [6, 6.07) is 0. The predicted octanol–water partition coefficient (Wildman–Crippen LogP) is 0.679. The van der Waals surface area contributed by atoms with E-state index in [1.165, 1.54) is 0 Å². The minimum absolute atomic E-state index is 0.0735. The van der Waals surface area contributed by atoms with Crippen LogP contribution in [0.5, 0.6) is 0 Å². The zero-order valence-electron chi connectivity index (χ0n) is 10.7. The van der Waals surface area contributed by atoms with Crippen LogP contribution in [0.4, 0.5) is 0 Å². The normalized spacial score (nSPS) is 18.6. The molecule has 0 aromatic carbocycles. The number of aromatic amines is 1. The van der Waals surface area contributed by atoms with Crippen molar-refractivity contribution >= 4 is 10.0 Å². The van der Waals surface area contributed by atoms with Gasteiger partial charge in [-0.05, 0) is 25.2 Å². The van der Waals surface area contributed by atoms with Gasteiger partial charge in [-0.15, -0.1) is 0 Å². The summed E-state index contributed by atoms with van der Waals surface area (Å²) in [5.74, 6) is 0. The molecule has 7 heteroatoms. The maximum Gasteiger partial charge on any atom is 0.244 e. The van der Waals surface area contributed by atoms with Crippen molar-refractivity contribution in [3.05, 3.63) is 11.4 Å². The molecule has 0 spiro atoms. The van der Waals surface area contributed by atoms with Crippen molar-refractivity contribution in [2.45, 2.75) is 44.6 Å². The summed E-state index contributed by atoms with van der Waals surface area (Å²) in [5, 5.41) is 15.5. The first-order valence-corrected chi connectivity index (χ1v) is 7.51. The van der Waals surface area contributed by atoms with Gasteiger partial charge in [0.25, 0.3) is 0 Å². The molecule has 0 atom stereocenters. The third kappa shape index (κ3) is 2.43. The number of aliphatic hydroxyl groups is 1. The quantitative estimate of drug-likeness (QED) is 0.735. The van der Waals surface area contributed by atoms with E-state index in [9.17, 15) is 8.42 Å². The van der Waals surface area contributed by atoms with Crippen molar-refractivity contribution in [1.82, 2.24) is 14.9 Å². The van der Waals surface area contributed by atoms with Crippen molar-refractivity contribution in [1.29, 1.82) is 0 Å². The number of H-pyrrole nitrogens is 1. The molecular formula is C11H19N3O3S. The fourth-order valence-electron chi connectivity index (χ4n) is 2.23. The molecule has 1 aromatic rings. The standard InChI is InChI=1S/C11H19N3O3S/c1-8-10(9(6-15)14-13-8)18(16,17)12-7-11(2)4-3-5-11/h12,15H,3-7H2,1-2H3,(H,13,14). The van der Waals surface area contributed by atoms with E-state index in [0.29, 0.717) is 12.2 Å². The van der Waals surface area contributed by atoms with Gasteiger partial charge in [0, 0.05) is 6.54 Å². The fourth-order valence-corrected chi connectivity index (χ4v) is 3.78. The topological polar surface area (TPSA) is 95.1 Å². The monoisotopic (exact) mass is 273 g/mol. The zero-order valence-corrected chi connectivity index (χ0v) is 11.5. The van der Waals surface area contributed by atoms with E-state index in [2.05, 4.69) is 21.8 Å². The van der Waals surface area contributed by atoms with E-state index < -0.39 is 16.6 Å². The van der Waals surface area contributed by atoms with Gasteiger partial charge in [-0.3, -0.25) is 5.10 Å². The lowest BCUT2D eigenvalue weighted by atomic mass is 9.71. The number of aryl methyl sites for hydroxylation is 1. The number of rotatable bonds is 5. The zero-order chi connectivity index (χ0) is 13.4. The average Bonchev–Trinajstić information content (AvgIpc) is 2.66. The van der Waals surface area contributed by atoms with Crippen molar-refractivity contribution in [3.63, 3.8) is 0 Å². The first-order chi connectivity index (χ1) is 8.38. The molecule has 18 heavy (non-hydrogen) atoms. The number of aromatic nitrogens is 2. The molecule has 1 aliphatic carbocycles. The van der Waals surface area contributed by atoms with Crippen LogP contribution < -0.4 is 4.72 Å². The average molecular weight is 273 g/mol. The maximum absolute atomic E-state index is 12.2. The summed E-state index contributed by atoms with van der Waals surface area (Å²) in [5.41, 5.74) is 0.688. The summed E-state index contributed by atoms with van der Waals surface area (Å²) >= 11 is 0. The molecule has 0 aliphatic heterocycles. The minimum atomic E-state index is -3.60. The van der Waals surface area contributed by atoms with Crippen molar-refractivity contribution < 1.29 is 13.5 Å². The second-order valence-electron chi connectivity index (χ2n) is 5.27. The summed E-state index contributed by atoms with van der Waals surface area (Å²) in [6.45, 7) is 3.75. The Kier molecular flexibility index (Phi) is 3.48. The smallest absolute Gasteiger partial charge is 0.244 e. The maximum atomic E-state index is 12.2. The molecule has 102 valence electrons. The molecule has 1 saturated carbocycles. The molecule has 1 aromatic heterocycles. The molecule has 1 heterocycles. The van der Waals surface area contributed by atoms with E-state index in [0.717, 1.165) is 19.3 Å². The molecule has 0 bridgehead atoms. The van der Waals surface area contributed by atoms with Gasteiger partial charge < -0.3 is 5.11 Å². The van der Waals surface area contributed by atoms with Crippen LogP contribution >= 0.6 is 0 Å². The van der Waals surface area contributed by atoms with Crippen molar-refractivity contribution in [3.8, 4) is 0 Å². The number of sulfonamides is 1. The van der Waals surface area contributed by atoms with Crippen LogP contribution in [0, 0.1) is 12.3 Å². The number of hydrogen-bond donors (Lipinski definition) is 3. The van der Waals surface area contributed by atoms with Crippen LogP contribution in [0.3, 0.4) is 0 Å². The Morgan fingerprint density at radius 3 is 2.67 bits per heavy atom. The van der Waals surface area contributed by atoms with E-state index in [4.69, 9.17) is 5.11 Å². The van der Waals surface area contributed by atoms with Crippen LogP contribution in [0.25, 0.3) is 0 Å². The Hall–Kier alpha value is -0.920. The van der Waals surface area contributed by atoms with Crippen LogP contribution in [0.15, 0.2) is 4.90 Å². The Balaban J connectivity index is 2.17. The van der Waals surface area contributed by atoms with Crippen molar-refractivity contribution in [2.75, 3.05) is 6.54 Å². The molecule has 3 N–H and O–H groups in total. The second kappa shape index (κ2) is 4.64. The highest BCUT2D eigenvalue weighted by Gasteiger charge is 2.34. The summed E-state index contributed by atoms with van der Waals surface area (Å²) in [7, 11) is -3.60. The van der Waals surface area contributed by atoms with Gasteiger partial charge in [0.15, 0.2) is 0 Å². The van der Waals surface area contributed by atoms with E-state index in [1.807, 2.05) is 0 Å². The first-order valence-electron chi connectivity index (χ1n) is 6.02. The highest BCUT2D eigenvalue weighted by molar-refractivity contribution is 7.89. The highest BCUT2D eigenvalue weighted by Crippen LogP contribution is 2.39. The lowest BCUT2D eigenvalue weighted by Crippen LogP contribution is -2.40. The predicted molar refractivity (Wildman–Crippen MR) is 66.4 cm³/mol. The Labute approximate surface area is 107 Å². The minimum Gasteiger partial charge on any atom is -0.390 e. The number of nitrogens with one attached hydrogen (secondary N) is 2. The van der Waals surface area contributed by atoms with Crippen LogP contribution in [0.1, 0.15) is 37.6 Å². The van der Waals surface area contributed by atoms with Gasteiger partial charge in [0.1, 0.15) is 10.6 Å². The van der Waals surface area contributed by atoms with Crippen LogP contribution in [-0.4, -0.2) is 30.3 Å². The molecule has 0 radical (unpaired) electrons. The van der Waals surface area contributed by atoms with Gasteiger partial charge in [-0.25, -0.2) is 13.1 Å². The molecule has 1 aliphatic rings. The van der Waals surface area contributed by atoms with Gasteiger partial charge >= 0.3 is 0 Å². The molecule has 2 rings (SSSR count).